The number of aromatic nitrogens is 3. The van der Waals surface area contributed by atoms with Crippen molar-refractivity contribution in [2.75, 3.05) is 26.4 Å². The highest BCUT2D eigenvalue weighted by Crippen LogP contribution is 2.38. The Hall–Kier alpha value is -7.63. The zero-order valence-corrected chi connectivity index (χ0v) is 63.8. The first kappa shape index (κ1) is 81.0. The zero-order chi connectivity index (χ0) is 72.2. The molecule has 7 aromatic rings. The summed E-state index contributed by atoms with van der Waals surface area (Å²) in [5.41, 5.74) is 5.24. The Kier molecular flexibility index (Phi) is 37.5. The Morgan fingerprint density at radius 3 is 0.981 bits per heavy atom. The fraction of sp³-hybridized carbons (Fsp3) is 0.533. The van der Waals surface area contributed by atoms with E-state index in [-0.39, 0.29) is 11.7 Å². The van der Waals surface area contributed by atoms with E-state index in [0.717, 1.165) is 113 Å². The van der Waals surface area contributed by atoms with E-state index in [0.29, 0.717) is 60.3 Å². The molecule has 0 radical (unpaired) electrons. The molecule has 1 atom stereocenters. The molecule has 558 valence electrons. The second-order valence-corrected chi connectivity index (χ2v) is 29.0. The number of nitrogens with one attached hydrogen (secondary N) is 3. The van der Waals surface area contributed by atoms with Crippen molar-refractivity contribution in [3.8, 4) is 23.0 Å². The third-order valence-corrected chi connectivity index (χ3v) is 20.5. The number of H-pyrrole nitrogens is 3. The SMILES string of the molecule is CCCCCCCCCCCCOc1ccc(C(=O)c2ccc(C(O)(c3ccc(OCCCCCCCCCCCC)cc3)c3ccc(/C(c4ccc(OCCCCCCCCCCCC)cc4)=c4\cc/c(=C(\C5=NC(=O)C=C5)c5ccc(OCCCCCCCCCCCC)cc5)[nH]4)[nH]3)[nH]2)cc1. The average molecular weight is 1400 g/mol. The molecule has 0 bridgehead atoms. The fourth-order valence-corrected chi connectivity index (χ4v) is 14.2. The summed E-state index contributed by atoms with van der Waals surface area (Å²) in [5.74, 6) is 2.57. The van der Waals surface area contributed by atoms with Gasteiger partial charge in [0.05, 0.1) is 49.2 Å². The maximum absolute atomic E-state index is 14.4. The molecule has 4 N–H and O–H groups in total. The number of allylic oxidation sites excluding steroid dienone is 1. The van der Waals surface area contributed by atoms with Crippen LogP contribution >= 0.6 is 0 Å². The molecule has 4 heterocycles. The monoisotopic (exact) mass is 1400 g/mol. The topological polar surface area (TPSA) is 151 Å². The van der Waals surface area contributed by atoms with Gasteiger partial charge in [0.15, 0.2) is 5.60 Å². The number of carbonyl (C=O) groups is 2. The highest BCUT2D eigenvalue weighted by Gasteiger charge is 2.38. The number of hydrogen-bond donors (Lipinski definition) is 4. The van der Waals surface area contributed by atoms with Crippen molar-refractivity contribution in [1.82, 2.24) is 15.0 Å². The Morgan fingerprint density at radius 2 is 0.631 bits per heavy atom. The Labute approximate surface area is 619 Å². The highest BCUT2D eigenvalue weighted by atomic mass is 16.5. The van der Waals surface area contributed by atoms with Gasteiger partial charge in [-0.25, -0.2) is 4.99 Å². The van der Waals surface area contributed by atoms with Gasteiger partial charge in [0, 0.05) is 39.2 Å². The summed E-state index contributed by atoms with van der Waals surface area (Å²) in [6.07, 6.45) is 53.7. The van der Waals surface area contributed by atoms with E-state index >= 15 is 0 Å². The molecule has 1 amide bonds. The number of rotatable bonds is 57. The number of aliphatic hydroxyl groups is 1. The van der Waals surface area contributed by atoms with Crippen molar-refractivity contribution in [3.05, 3.63) is 201 Å². The lowest BCUT2D eigenvalue weighted by Crippen LogP contribution is -2.30. The quantitative estimate of drug-likeness (QED) is 0.0219. The third kappa shape index (κ3) is 27.7. The molecule has 8 rings (SSSR count). The minimum absolute atomic E-state index is 0.199. The molecule has 11 heteroatoms. The average Bonchev–Trinajstić information content (AvgIpc) is 1.63. The van der Waals surface area contributed by atoms with Crippen LogP contribution in [0.1, 0.15) is 334 Å². The van der Waals surface area contributed by atoms with E-state index < -0.39 is 5.60 Å². The van der Waals surface area contributed by atoms with Crippen molar-refractivity contribution in [2.24, 2.45) is 4.99 Å². The second-order valence-electron chi connectivity index (χ2n) is 29.0. The van der Waals surface area contributed by atoms with Gasteiger partial charge >= 0.3 is 0 Å². The van der Waals surface area contributed by atoms with Gasteiger partial charge in [-0.1, -0.05) is 295 Å². The molecule has 0 saturated carbocycles. The van der Waals surface area contributed by atoms with E-state index in [2.05, 4.69) is 65.8 Å². The molecule has 103 heavy (non-hydrogen) atoms. The van der Waals surface area contributed by atoms with Crippen molar-refractivity contribution in [1.29, 1.82) is 0 Å². The number of ketones is 1. The van der Waals surface area contributed by atoms with Gasteiger partial charge in [0.25, 0.3) is 5.91 Å². The highest BCUT2D eigenvalue weighted by molar-refractivity contribution is 6.34. The molecular weight excluding hydrogens is 1270 g/mol. The first-order chi connectivity index (χ1) is 50.7. The van der Waals surface area contributed by atoms with Crippen molar-refractivity contribution in [2.45, 2.75) is 290 Å². The molecule has 0 spiro atoms. The van der Waals surface area contributed by atoms with Crippen LogP contribution in [0.4, 0.5) is 0 Å². The van der Waals surface area contributed by atoms with Gasteiger partial charge < -0.3 is 39.0 Å². The minimum atomic E-state index is -1.81. The Balaban J connectivity index is 1.06. The second kappa shape index (κ2) is 47.7. The molecule has 0 aliphatic carbocycles. The van der Waals surface area contributed by atoms with E-state index in [1.165, 1.54) is 212 Å². The lowest BCUT2D eigenvalue weighted by atomic mass is 9.87. The first-order valence-electron chi connectivity index (χ1n) is 41.1. The van der Waals surface area contributed by atoms with Crippen LogP contribution in [0.15, 0.2) is 151 Å². The molecule has 0 fully saturated rings. The predicted octanol–water partition coefficient (Wildman–Crippen LogP) is 23.4. The number of unbranched alkanes of at least 4 members (excludes halogenated alkanes) is 36. The number of amides is 1. The lowest BCUT2D eigenvalue weighted by Gasteiger charge is -2.27. The van der Waals surface area contributed by atoms with Crippen molar-refractivity contribution >= 4 is 28.5 Å². The van der Waals surface area contributed by atoms with E-state index in [4.69, 9.17) is 18.9 Å². The molecule has 11 nitrogen and oxygen atoms in total. The normalized spacial score (nSPS) is 13.3. The van der Waals surface area contributed by atoms with Crippen LogP contribution in [0.25, 0.3) is 11.1 Å². The van der Waals surface area contributed by atoms with Crippen LogP contribution in [-0.4, -0.2) is 63.9 Å². The lowest BCUT2D eigenvalue weighted by molar-refractivity contribution is -0.113. The standard InChI is InChI=1S/C92H128N4O7/c1-5-9-13-17-21-25-29-33-37-41-69-100-77-53-45-73(46-54-77)89(81-61-62-82(93-81)90(84-65-68-88(97)96-84)74-47-55-78(56-48-74)101-70-42-38-34-30-26-22-18-14-10-6-2)83-63-66-86(94-83)92(99,76-51-59-80(60-52-76)103-72-44-40-36-32-28-24-20-16-12-8-4)87-67-64-85(95-87)91(98)75-49-57-79(58-50-75)102-71-43-39-35-31-27-23-19-15-11-7-3/h45-68,93-95,99H,5-44,69-72H2,1-4H3/b89-81+,90-82+. The summed E-state index contributed by atoms with van der Waals surface area (Å²) < 4.78 is 25.1. The molecule has 1 aliphatic rings. The number of aliphatic imine (C=N–C) groups is 1. The Morgan fingerprint density at radius 1 is 0.330 bits per heavy atom. The maximum atomic E-state index is 14.4. The number of hydrogen-bond acceptors (Lipinski definition) is 7. The third-order valence-electron chi connectivity index (χ3n) is 20.5. The molecule has 4 aromatic carbocycles. The molecule has 1 unspecified atom stereocenters. The fourth-order valence-electron chi connectivity index (χ4n) is 14.2. The number of aromatic amines is 3. The molecular formula is C92H128N4O7. The van der Waals surface area contributed by atoms with Gasteiger partial charge in [0.1, 0.15) is 23.0 Å². The zero-order valence-electron chi connectivity index (χ0n) is 63.8. The summed E-state index contributed by atoms with van der Waals surface area (Å²) in [6.45, 7) is 11.6. The van der Waals surface area contributed by atoms with Crippen LogP contribution < -0.4 is 29.6 Å². The predicted molar refractivity (Wildman–Crippen MR) is 428 cm³/mol. The Bertz CT molecular complexity index is 3660. The number of ether oxygens (including phenoxy) is 4. The summed E-state index contributed by atoms with van der Waals surface area (Å²) in [5, 5.41) is 15.3. The van der Waals surface area contributed by atoms with Gasteiger partial charge in [-0.05, 0) is 146 Å². The largest absolute Gasteiger partial charge is 0.494 e. The van der Waals surface area contributed by atoms with Crippen LogP contribution in [0, 0.1) is 0 Å². The molecule has 3 aromatic heterocycles. The van der Waals surface area contributed by atoms with Crippen LogP contribution in [0.2, 0.25) is 0 Å². The molecule has 1 aliphatic heterocycles. The van der Waals surface area contributed by atoms with Crippen LogP contribution in [0.5, 0.6) is 23.0 Å². The summed E-state index contributed by atoms with van der Waals surface area (Å²) in [4.78, 5) is 42.8. The maximum Gasteiger partial charge on any atom is 0.270 e. The van der Waals surface area contributed by atoms with Crippen molar-refractivity contribution in [3.63, 3.8) is 0 Å². The van der Waals surface area contributed by atoms with E-state index in [9.17, 15) is 14.7 Å². The van der Waals surface area contributed by atoms with Gasteiger partial charge in [-0.15, -0.1) is 0 Å². The summed E-state index contributed by atoms with van der Waals surface area (Å²) in [6, 6.07) is 43.0. The number of nitrogens with zero attached hydrogens (tertiary/aromatic N) is 1. The van der Waals surface area contributed by atoms with E-state index in [1.807, 2.05) is 109 Å². The van der Waals surface area contributed by atoms with Gasteiger partial charge in [-0.3, -0.25) is 9.59 Å². The summed E-state index contributed by atoms with van der Waals surface area (Å²) >= 11 is 0. The number of carbonyl (C=O) groups excluding carboxylic acids is 2. The van der Waals surface area contributed by atoms with Gasteiger partial charge in [-0.2, -0.15) is 0 Å². The number of benzene rings is 4. The molecule has 0 saturated heterocycles. The minimum Gasteiger partial charge on any atom is -0.494 e. The first-order valence-corrected chi connectivity index (χ1v) is 41.1. The van der Waals surface area contributed by atoms with Crippen molar-refractivity contribution < 1.29 is 33.6 Å². The smallest absolute Gasteiger partial charge is 0.270 e. The summed E-state index contributed by atoms with van der Waals surface area (Å²) in [7, 11) is 0. The van der Waals surface area contributed by atoms with Crippen LogP contribution in [-0.2, 0) is 10.4 Å². The van der Waals surface area contributed by atoms with E-state index in [1.54, 1.807) is 12.1 Å². The van der Waals surface area contributed by atoms with Gasteiger partial charge in [0.2, 0.25) is 5.78 Å². The van der Waals surface area contributed by atoms with Crippen LogP contribution in [0.3, 0.4) is 0 Å².